The Morgan fingerprint density at radius 2 is 2.24 bits per heavy atom. The Morgan fingerprint density at radius 1 is 1.48 bits per heavy atom. The third kappa shape index (κ3) is 4.97. The van der Waals surface area contributed by atoms with Gasteiger partial charge in [0, 0.05) is 24.3 Å². The molecule has 0 aliphatic heterocycles. The molecule has 6 heteroatoms. The van der Waals surface area contributed by atoms with Crippen LogP contribution >= 0.6 is 11.3 Å². The average molecular weight is 311 g/mol. The highest BCUT2D eigenvalue weighted by molar-refractivity contribution is 7.09. The first-order valence-electron chi connectivity index (χ1n) is 7.73. The zero-order chi connectivity index (χ0) is 15.2. The fourth-order valence-corrected chi connectivity index (χ4v) is 3.38. The van der Waals surface area contributed by atoms with Gasteiger partial charge in [-0.05, 0) is 12.8 Å². The predicted octanol–water partition coefficient (Wildman–Crippen LogP) is 2.41. The van der Waals surface area contributed by atoms with Gasteiger partial charge in [0.1, 0.15) is 0 Å². The van der Waals surface area contributed by atoms with Gasteiger partial charge >= 0.3 is 6.03 Å². The Hall–Kier alpha value is -1.14. The van der Waals surface area contributed by atoms with E-state index in [1.165, 1.54) is 0 Å². The fourth-order valence-electron chi connectivity index (χ4n) is 2.51. The van der Waals surface area contributed by atoms with Crippen LogP contribution in [0.2, 0.25) is 0 Å². The van der Waals surface area contributed by atoms with Crippen LogP contribution in [0.15, 0.2) is 5.38 Å². The van der Waals surface area contributed by atoms with Crippen molar-refractivity contribution in [3.63, 3.8) is 0 Å². The van der Waals surface area contributed by atoms with E-state index >= 15 is 0 Å². The molecule has 1 heterocycles. The summed E-state index contributed by atoms with van der Waals surface area (Å²) in [6.07, 6.45) is 4.09. The third-order valence-corrected chi connectivity index (χ3v) is 4.97. The number of carbonyl (C=O) groups is 1. The molecule has 2 atom stereocenters. The first-order valence-corrected chi connectivity index (χ1v) is 8.61. The molecule has 2 unspecified atom stereocenters. The first-order chi connectivity index (χ1) is 10.1. The molecule has 0 spiro atoms. The second-order valence-corrected chi connectivity index (χ2v) is 6.83. The van der Waals surface area contributed by atoms with Crippen molar-refractivity contribution in [1.29, 1.82) is 0 Å². The van der Waals surface area contributed by atoms with Gasteiger partial charge in [-0.3, -0.25) is 0 Å². The van der Waals surface area contributed by atoms with Crippen molar-refractivity contribution in [3.05, 3.63) is 16.1 Å². The van der Waals surface area contributed by atoms with Crippen molar-refractivity contribution in [3.8, 4) is 0 Å². The summed E-state index contributed by atoms with van der Waals surface area (Å²) in [5.41, 5.74) is 1.03. The molecule has 2 amide bonds. The van der Waals surface area contributed by atoms with Gasteiger partial charge in [0.15, 0.2) is 0 Å². The van der Waals surface area contributed by atoms with Gasteiger partial charge in [-0.15, -0.1) is 11.3 Å². The SMILES string of the molecule is CC(C)c1nc(CCNC(=O)NC2CCCCC2O)cs1. The minimum atomic E-state index is -0.406. The van der Waals surface area contributed by atoms with Crippen molar-refractivity contribution in [2.75, 3.05) is 6.54 Å². The van der Waals surface area contributed by atoms with Crippen molar-refractivity contribution in [2.45, 2.75) is 64.0 Å². The van der Waals surface area contributed by atoms with Gasteiger partial charge in [0.05, 0.1) is 22.8 Å². The van der Waals surface area contributed by atoms with E-state index in [1.54, 1.807) is 11.3 Å². The number of carbonyl (C=O) groups excluding carboxylic acids is 1. The number of aliphatic hydroxyl groups excluding tert-OH is 1. The van der Waals surface area contributed by atoms with Gasteiger partial charge in [-0.1, -0.05) is 26.7 Å². The second-order valence-electron chi connectivity index (χ2n) is 5.94. The highest BCUT2D eigenvalue weighted by Crippen LogP contribution is 2.19. The second kappa shape index (κ2) is 7.75. The quantitative estimate of drug-likeness (QED) is 0.782. The van der Waals surface area contributed by atoms with E-state index in [0.29, 0.717) is 12.5 Å². The van der Waals surface area contributed by atoms with E-state index in [2.05, 4.69) is 34.8 Å². The van der Waals surface area contributed by atoms with Gasteiger partial charge in [0.2, 0.25) is 0 Å². The number of nitrogens with one attached hydrogen (secondary N) is 2. The zero-order valence-electron chi connectivity index (χ0n) is 12.8. The number of amides is 2. The minimum Gasteiger partial charge on any atom is -0.391 e. The normalized spacial score (nSPS) is 22.3. The number of rotatable bonds is 5. The number of aliphatic hydroxyl groups is 1. The minimum absolute atomic E-state index is 0.106. The summed E-state index contributed by atoms with van der Waals surface area (Å²) < 4.78 is 0. The molecule has 2 rings (SSSR count). The summed E-state index contributed by atoms with van der Waals surface area (Å²) in [6.45, 7) is 4.82. The Balaban J connectivity index is 1.68. The molecule has 0 saturated heterocycles. The molecule has 118 valence electrons. The molecular formula is C15H25N3O2S. The summed E-state index contributed by atoms with van der Waals surface area (Å²) in [5.74, 6) is 0.452. The van der Waals surface area contributed by atoms with Crippen LogP contribution in [-0.2, 0) is 6.42 Å². The van der Waals surface area contributed by atoms with Crippen LogP contribution in [0.1, 0.15) is 56.2 Å². The van der Waals surface area contributed by atoms with Crippen molar-refractivity contribution >= 4 is 17.4 Å². The number of aromatic nitrogens is 1. The largest absolute Gasteiger partial charge is 0.391 e. The molecule has 1 aliphatic rings. The monoisotopic (exact) mass is 311 g/mol. The summed E-state index contributed by atoms with van der Waals surface area (Å²) in [4.78, 5) is 16.4. The molecular weight excluding hydrogens is 286 g/mol. The van der Waals surface area contributed by atoms with Crippen LogP contribution in [-0.4, -0.2) is 34.8 Å². The first kappa shape index (κ1) is 16.2. The maximum atomic E-state index is 11.8. The van der Waals surface area contributed by atoms with Crippen LogP contribution in [0.25, 0.3) is 0 Å². The zero-order valence-corrected chi connectivity index (χ0v) is 13.6. The van der Waals surface area contributed by atoms with Crippen molar-refractivity contribution in [2.24, 2.45) is 0 Å². The lowest BCUT2D eigenvalue weighted by Crippen LogP contribution is -2.49. The molecule has 1 aliphatic carbocycles. The van der Waals surface area contributed by atoms with Gasteiger partial charge in [0.25, 0.3) is 0 Å². The predicted molar refractivity (Wildman–Crippen MR) is 84.7 cm³/mol. The summed E-state index contributed by atoms with van der Waals surface area (Å²) in [5, 5.41) is 18.7. The summed E-state index contributed by atoms with van der Waals surface area (Å²) >= 11 is 1.67. The summed E-state index contributed by atoms with van der Waals surface area (Å²) in [7, 11) is 0. The maximum absolute atomic E-state index is 11.8. The number of hydrogen-bond acceptors (Lipinski definition) is 4. The lowest BCUT2D eigenvalue weighted by Gasteiger charge is -2.28. The Morgan fingerprint density at radius 3 is 2.90 bits per heavy atom. The number of thiazole rings is 1. The van der Waals surface area contributed by atoms with E-state index in [4.69, 9.17) is 0 Å². The van der Waals surface area contributed by atoms with Crippen LogP contribution in [0.5, 0.6) is 0 Å². The molecule has 5 nitrogen and oxygen atoms in total. The lowest BCUT2D eigenvalue weighted by atomic mass is 9.93. The Labute approximate surface area is 130 Å². The Bertz CT molecular complexity index is 462. The molecule has 0 bridgehead atoms. The smallest absolute Gasteiger partial charge is 0.315 e. The van der Waals surface area contributed by atoms with Crippen molar-refractivity contribution in [1.82, 2.24) is 15.6 Å². The Kier molecular flexibility index (Phi) is 5.99. The fraction of sp³-hybridized carbons (Fsp3) is 0.733. The van der Waals surface area contributed by atoms with E-state index < -0.39 is 6.10 Å². The van der Waals surface area contributed by atoms with E-state index in [9.17, 15) is 9.90 Å². The molecule has 0 radical (unpaired) electrons. The molecule has 21 heavy (non-hydrogen) atoms. The standard InChI is InChI=1S/C15H25N3O2S/c1-10(2)14-17-11(9-21-14)7-8-16-15(20)18-12-5-3-4-6-13(12)19/h9-10,12-13,19H,3-8H2,1-2H3,(H2,16,18,20). The molecule has 1 aromatic heterocycles. The van der Waals surface area contributed by atoms with Crippen LogP contribution in [0.3, 0.4) is 0 Å². The lowest BCUT2D eigenvalue weighted by molar-refractivity contribution is 0.0943. The van der Waals surface area contributed by atoms with Crippen LogP contribution < -0.4 is 10.6 Å². The number of nitrogens with zero attached hydrogens (tertiary/aromatic N) is 1. The van der Waals surface area contributed by atoms with Gasteiger partial charge in [-0.2, -0.15) is 0 Å². The molecule has 1 aromatic rings. The van der Waals surface area contributed by atoms with Crippen LogP contribution in [0, 0.1) is 0 Å². The van der Waals surface area contributed by atoms with E-state index in [0.717, 1.165) is 42.8 Å². The number of hydrogen-bond donors (Lipinski definition) is 3. The number of urea groups is 1. The average Bonchev–Trinajstić information content (AvgIpc) is 2.90. The molecule has 1 saturated carbocycles. The van der Waals surface area contributed by atoms with Gasteiger partial charge < -0.3 is 15.7 Å². The van der Waals surface area contributed by atoms with E-state index in [-0.39, 0.29) is 12.1 Å². The topological polar surface area (TPSA) is 74.2 Å². The van der Waals surface area contributed by atoms with Crippen LogP contribution in [0.4, 0.5) is 4.79 Å². The maximum Gasteiger partial charge on any atom is 0.315 e. The third-order valence-electron chi connectivity index (χ3n) is 3.78. The summed E-state index contributed by atoms with van der Waals surface area (Å²) in [6, 6.07) is -0.300. The highest BCUT2D eigenvalue weighted by Gasteiger charge is 2.24. The molecule has 0 aromatic carbocycles. The highest BCUT2D eigenvalue weighted by atomic mass is 32.1. The molecule has 3 N–H and O–H groups in total. The van der Waals surface area contributed by atoms with E-state index in [1.807, 2.05) is 0 Å². The van der Waals surface area contributed by atoms with Crippen molar-refractivity contribution < 1.29 is 9.90 Å². The molecule has 1 fully saturated rings. The van der Waals surface area contributed by atoms with Gasteiger partial charge in [-0.25, -0.2) is 9.78 Å².